The number of benzene rings is 2. The summed E-state index contributed by atoms with van der Waals surface area (Å²) in [5, 5.41) is 14.8. The third-order valence-corrected chi connectivity index (χ3v) is 5.50. The number of hydrogen-bond acceptors (Lipinski definition) is 6. The Labute approximate surface area is 181 Å². The Bertz CT molecular complexity index is 1400. The van der Waals surface area contributed by atoms with Gasteiger partial charge >= 0.3 is 5.63 Å². The smallest absolute Gasteiger partial charge is 0.340 e. The van der Waals surface area contributed by atoms with E-state index in [2.05, 4.69) is 5.32 Å². The van der Waals surface area contributed by atoms with Gasteiger partial charge in [-0.1, -0.05) is 19.1 Å². The number of amides is 1. The molecule has 0 radical (unpaired) electrons. The molecule has 0 aliphatic rings. The van der Waals surface area contributed by atoms with Crippen LogP contribution in [-0.2, 0) is 16.0 Å². The first kappa shape index (κ1) is 21.3. The standard InChI is InChI=1S/C24H20FNO6/c1-3-19(23(28)29)26-22(27)9-16-12(2)15-8-17-18(13-4-6-14(25)7-5-13)11-31-20(17)10-21(15)32-24(16)30/h4-8,10-11,19H,3,9H2,1-2H3,(H,26,27)(H,28,29)/p-1/t19-/m1/s1. The van der Waals surface area contributed by atoms with Gasteiger partial charge < -0.3 is 24.1 Å². The molecule has 0 aliphatic carbocycles. The number of hydrogen-bond donors (Lipinski definition) is 1. The first-order valence-electron chi connectivity index (χ1n) is 10.0. The van der Waals surface area contributed by atoms with Crippen molar-refractivity contribution in [3.8, 4) is 11.1 Å². The van der Waals surface area contributed by atoms with Gasteiger partial charge in [0.05, 0.1) is 30.3 Å². The minimum Gasteiger partial charge on any atom is -0.548 e. The topological polar surface area (TPSA) is 113 Å². The molecule has 4 rings (SSSR count). The fraction of sp³-hybridized carbons (Fsp3) is 0.208. The molecular formula is C24H19FNO6-. The van der Waals surface area contributed by atoms with Crippen molar-refractivity contribution < 1.29 is 27.9 Å². The van der Waals surface area contributed by atoms with Crippen molar-refractivity contribution in [2.45, 2.75) is 32.7 Å². The Morgan fingerprint density at radius 1 is 1.12 bits per heavy atom. The van der Waals surface area contributed by atoms with Gasteiger partial charge in [0.25, 0.3) is 0 Å². The van der Waals surface area contributed by atoms with Gasteiger partial charge in [-0.2, -0.15) is 0 Å². The van der Waals surface area contributed by atoms with E-state index in [1.807, 2.05) is 0 Å². The number of rotatable bonds is 6. The van der Waals surface area contributed by atoms with Crippen molar-refractivity contribution in [3.63, 3.8) is 0 Å². The molecule has 1 amide bonds. The van der Waals surface area contributed by atoms with Gasteiger partial charge in [0.2, 0.25) is 5.91 Å². The van der Waals surface area contributed by atoms with Crippen LogP contribution in [0, 0.1) is 12.7 Å². The summed E-state index contributed by atoms with van der Waals surface area (Å²) in [7, 11) is 0. The lowest BCUT2D eigenvalue weighted by atomic mass is 9.99. The summed E-state index contributed by atoms with van der Waals surface area (Å²) in [5.41, 5.74) is 2.28. The molecule has 0 spiro atoms. The number of halogens is 1. The minimum atomic E-state index is -1.39. The van der Waals surface area contributed by atoms with Crippen molar-refractivity contribution in [3.05, 3.63) is 70.0 Å². The number of carbonyl (C=O) groups is 2. The van der Waals surface area contributed by atoms with Gasteiger partial charge in [-0.15, -0.1) is 0 Å². The third kappa shape index (κ3) is 3.87. The van der Waals surface area contributed by atoms with Crippen LogP contribution in [0.2, 0.25) is 0 Å². The van der Waals surface area contributed by atoms with E-state index in [1.165, 1.54) is 12.1 Å². The highest BCUT2D eigenvalue weighted by Gasteiger charge is 2.19. The number of furan rings is 1. The molecule has 0 fully saturated rings. The van der Waals surface area contributed by atoms with Gasteiger partial charge in [0, 0.05) is 22.4 Å². The van der Waals surface area contributed by atoms with Crippen LogP contribution >= 0.6 is 0 Å². The number of nitrogens with one attached hydrogen (secondary N) is 1. The molecule has 2 heterocycles. The Balaban J connectivity index is 1.77. The van der Waals surface area contributed by atoms with Crippen LogP contribution in [0.15, 0.2) is 56.3 Å². The predicted molar refractivity (Wildman–Crippen MR) is 113 cm³/mol. The molecule has 0 saturated heterocycles. The van der Waals surface area contributed by atoms with Gasteiger partial charge in [-0.25, -0.2) is 9.18 Å². The Kier molecular flexibility index (Phi) is 5.52. The van der Waals surface area contributed by atoms with Crippen molar-refractivity contribution in [1.82, 2.24) is 5.32 Å². The number of aryl methyl sites for hydroxylation is 1. The third-order valence-electron chi connectivity index (χ3n) is 5.50. The van der Waals surface area contributed by atoms with Gasteiger partial charge in [-0.3, -0.25) is 4.79 Å². The molecule has 4 aromatic rings. The first-order chi connectivity index (χ1) is 15.3. The number of carboxylic acids is 1. The normalized spacial score (nSPS) is 12.2. The van der Waals surface area contributed by atoms with Crippen LogP contribution < -0.4 is 16.0 Å². The molecule has 2 aromatic carbocycles. The van der Waals surface area contributed by atoms with Crippen LogP contribution in [-0.4, -0.2) is 17.9 Å². The summed E-state index contributed by atoms with van der Waals surface area (Å²) in [5.74, 6) is -2.36. The van der Waals surface area contributed by atoms with Crippen LogP contribution in [0.4, 0.5) is 4.39 Å². The number of aliphatic carboxylic acids is 1. The van der Waals surface area contributed by atoms with E-state index in [4.69, 9.17) is 8.83 Å². The maximum absolute atomic E-state index is 13.3. The lowest BCUT2D eigenvalue weighted by Gasteiger charge is -2.18. The lowest BCUT2D eigenvalue weighted by Crippen LogP contribution is -2.48. The first-order valence-corrected chi connectivity index (χ1v) is 10.0. The largest absolute Gasteiger partial charge is 0.548 e. The Hall–Kier alpha value is -3.94. The molecule has 7 nitrogen and oxygen atoms in total. The van der Waals surface area contributed by atoms with Crippen LogP contribution in [0.1, 0.15) is 24.5 Å². The zero-order chi connectivity index (χ0) is 23.0. The van der Waals surface area contributed by atoms with Crippen LogP contribution in [0.3, 0.4) is 0 Å². The van der Waals surface area contributed by atoms with E-state index in [0.29, 0.717) is 22.1 Å². The maximum atomic E-state index is 13.3. The summed E-state index contributed by atoms with van der Waals surface area (Å²) in [6, 6.07) is 8.23. The zero-order valence-corrected chi connectivity index (χ0v) is 17.4. The highest BCUT2D eigenvalue weighted by atomic mass is 19.1. The molecule has 0 bridgehead atoms. The number of carbonyl (C=O) groups excluding carboxylic acids is 2. The Morgan fingerprint density at radius 2 is 1.84 bits per heavy atom. The molecule has 164 valence electrons. The summed E-state index contributed by atoms with van der Waals surface area (Å²) in [4.78, 5) is 35.9. The second-order valence-electron chi connectivity index (χ2n) is 7.52. The van der Waals surface area contributed by atoms with E-state index >= 15 is 0 Å². The lowest BCUT2D eigenvalue weighted by molar-refractivity contribution is -0.308. The van der Waals surface area contributed by atoms with Gasteiger partial charge in [0.15, 0.2) is 0 Å². The highest BCUT2D eigenvalue weighted by Crippen LogP contribution is 2.34. The number of fused-ring (bicyclic) bond motifs is 2. The van der Waals surface area contributed by atoms with Crippen molar-refractivity contribution >= 4 is 33.8 Å². The van der Waals surface area contributed by atoms with E-state index in [-0.39, 0.29) is 24.2 Å². The highest BCUT2D eigenvalue weighted by molar-refractivity contribution is 6.02. The van der Waals surface area contributed by atoms with Crippen LogP contribution in [0.25, 0.3) is 33.1 Å². The quantitative estimate of drug-likeness (QED) is 0.465. The maximum Gasteiger partial charge on any atom is 0.340 e. The molecule has 1 atom stereocenters. The fourth-order valence-electron chi connectivity index (χ4n) is 3.70. The summed E-state index contributed by atoms with van der Waals surface area (Å²) in [6.07, 6.45) is 1.37. The molecule has 0 aliphatic heterocycles. The van der Waals surface area contributed by atoms with Crippen molar-refractivity contribution in [2.75, 3.05) is 0 Å². The molecular weight excluding hydrogens is 417 g/mol. The average molecular weight is 436 g/mol. The second-order valence-corrected chi connectivity index (χ2v) is 7.52. The zero-order valence-electron chi connectivity index (χ0n) is 17.4. The van der Waals surface area contributed by atoms with E-state index in [1.54, 1.807) is 44.4 Å². The molecule has 2 aromatic heterocycles. The van der Waals surface area contributed by atoms with E-state index in [9.17, 15) is 23.9 Å². The second kappa shape index (κ2) is 8.30. The Morgan fingerprint density at radius 3 is 2.50 bits per heavy atom. The SMILES string of the molecule is CC[C@@H](NC(=O)Cc1c(C)c2cc3c(-c4ccc(F)cc4)coc3cc2oc1=O)C(=O)[O-]. The average Bonchev–Trinajstić information content (AvgIpc) is 3.17. The minimum absolute atomic E-state index is 0.134. The van der Waals surface area contributed by atoms with E-state index < -0.39 is 23.5 Å². The summed E-state index contributed by atoms with van der Waals surface area (Å²) < 4.78 is 24.3. The predicted octanol–water partition coefficient (Wildman–Crippen LogP) is 2.84. The molecule has 1 N–H and O–H groups in total. The number of carboxylic acid groups (broad SMARTS) is 1. The van der Waals surface area contributed by atoms with Crippen molar-refractivity contribution in [1.29, 1.82) is 0 Å². The molecule has 0 unspecified atom stereocenters. The fourth-order valence-corrected chi connectivity index (χ4v) is 3.70. The molecule has 8 heteroatoms. The van der Waals surface area contributed by atoms with Gasteiger partial charge in [-0.05, 0) is 42.7 Å². The van der Waals surface area contributed by atoms with Crippen molar-refractivity contribution in [2.24, 2.45) is 0 Å². The summed E-state index contributed by atoms with van der Waals surface area (Å²) >= 11 is 0. The monoisotopic (exact) mass is 436 g/mol. The van der Waals surface area contributed by atoms with Crippen LogP contribution in [0.5, 0.6) is 0 Å². The molecule has 32 heavy (non-hydrogen) atoms. The molecule has 0 saturated carbocycles. The van der Waals surface area contributed by atoms with E-state index in [0.717, 1.165) is 16.5 Å². The van der Waals surface area contributed by atoms with Gasteiger partial charge in [0.1, 0.15) is 17.0 Å². The summed E-state index contributed by atoms with van der Waals surface area (Å²) in [6.45, 7) is 3.30.